The van der Waals surface area contributed by atoms with E-state index in [1.54, 1.807) is 4.90 Å². The number of likely N-dealkylation sites (tertiary alicyclic amines) is 1. The van der Waals surface area contributed by atoms with Crippen LogP contribution in [-0.2, 0) is 4.79 Å². The normalized spacial score (nSPS) is 35.5. The molecule has 0 radical (unpaired) electrons. The second-order valence-electron chi connectivity index (χ2n) is 4.13. The summed E-state index contributed by atoms with van der Waals surface area (Å²) in [6.45, 7) is 8.16. The average Bonchev–Trinajstić information content (AvgIpc) is 2.84. The SMILES string of the molecule is [C-]#[N+][C@@H]1CCCN1C(=O)[C@@H]1C[C@@H](O)CN1. The van der Waals surface area contributed by atoms with Crippen molar-refractivity contribution in [3.63, 3.8) is 0 Å². The van der Waals surface area contributed by atoms with Gasteiger partial charge in [0.1, 0.15) is 0 Å². The van der Waals surface area contributed by atoms with Crippen LogP contribution in [0.3, 0.4) is 0 Å². The average molecular weight is 209 g/mol. The number of β-amino-alcohol motifs (C(OH)–C–C–N with tert-alkyl or cyclic N) is 1. The van der Waals surface area contributed by atoms with Crippen molar-refractivity contribution in [3.05, 3.63) is 11.4 Å². The second kappa shape index (κ2) is 4.17. The molecule has 2 heterocycles. The Balaban J connectivity index is 1.99. The minimum Gasteiger partial charge on any atom is -0.392 e. The first kappa shape index (κ1) is 10.4. The highest BCUT2D eigenvalue weighted by atomic mass is 16.3. The number of hydrogen-bond acceptors (Lipinski definition) is 3. The Hall–Kier alpha value is -1.12. The summed E-state index contributed by atoms with van der Waals surface area (Å²) in [5, 5.41) is 12.3. The monoisotopic (exact) mass is 209 g/mol. The number of nitrogens with one attached hydrogen (secondary N) is 1. The Morgan fingerprint density at radius 1 is 1.60 bits per heavy atom. The van der Waals surface area contributed by atoms with Crippen LogP contribution in [0.2, 0.25) is 0 Å². The molecule has 3 atom stereocenters. The fourth-order valence-electron chi connectivity index (χ4n) is 2.25. The van der Waals surface area contributed by atoms with E-state index >= 15 is 0 Å². The van der Waals surface area contributed by atoms with Crippen molar-refractivity contribution in [3.8, 4) is 0 Å². The van der Waals surface area contributed by atoms with Crippen molar-refractivity contribution in [2.24, 2.45) is 0 Å². The van der Waals surface area contributed by atoms with E-state index in [1.165, 1.54) is 0 Å². The summed E-state index contributed by atoms with van der Waals surface area (Å²) in [6, 6.07) is -0.289. The van der Waals surface area contributed by atoms with Gasteiger partial charge in [0.2, 0.25) is 5.91 Å². The van der Waals surface area contributed by atoms with Gasteiger partial charge >= 0.3 is 6.17 Å². The highest BCUT2D eigenvalue weighted by molar-refractivity contribution is 5.83. The Morgan fingerprint density at radius 2 is 2.40 bits per heavy atom. The van der Waals surface area contributed by atoms with E-state index in [0.717, 1.165) is 12.8 Å². The predicted octanol–water partition coefficient (Wildman–Crippen LogP) is -0.423. The quantitative estimate of drug-likeness (QED) is 0.577. The number of aliphatic hydroxyl groups excluding tert-OH is 1. The molecule has 0 aliphatic carbocycles. The number of hydrogen-bond donors (Lipinski definition) is 2. The summed E-state index contributed by atoms with van der Waals surface area (Å²) in [7, 11) is 0. The molecule has 0 aromatic rings. The molecule has 0 spiro atoms. The third-order valence-electron chi connectivity index (χ3n) is 3.06. The number of amides is 1. The lowest BCUT2D eigenvalue weighted by atomic mass is 10.2. The van der Waals surface area contributed by atoms with Crippen LogP contribution in [-0.4, -0.2) is 47.3 Å². The van der Waals surface area contributed by atoms with E-state index in [4.69, 9.17) is 6.57 Å². The van der Waals surface area contributed by atoms with Gasteiger partial charge in [-0.2, -0.15) is 0 Å². The van der Waals surface area contributed by atoms with Crippen LogP contribution in [0.5, 0.6) is 0 Å². The fourth-order valence-corrected chi connectivity index (χ4v) is 2.25. The molecule has 0 saturated carbocycles. The van der Waals surface area contributed by atoms with Crippen molar-refractivity contribution in [2.45, 2.75) is 37.6 Å². The molecule has 2 N–H and O–H groups in total. The molecular formula is C10H15N3O2. The summed E-state index contributed by atoms with van der Waals surface area (Å²) in [6.07, 6.45) is 1.46. The predicted molar refractivity (Wildman–Crippen MR) is 53.8 cm³/mol. The van der Waals surface area contributed by atoms with Crippen LogP contribution in [0, 0.1) is 6.57 Å². The van der Waals surface area contributed by atoms with E-state index in [-0.39, 0.29) is 18.1 Å². The Morgan fingerprint density at radius 3 is 3.00 bits per heavy atom. The van der Waals surface area contributed by atoms with Crippen molar-refractivity contribution >= 4 is 5.91 Å². The molecule has 2 saturated heterocycles. The van der Waals surface area contributed by atoms with Crippen molar-refractivity contribution in [1.82, 2.24) is 10.2 Å². The first-order valence-electron chi connectivity index (χ1n) is 5.31. The highest BCUT2D eigenvalue weighted by Gasteiger charge is 2.39. The molecule has 0 aromatic carbocycles. The molecule has 82 valence electrons. The van der Waals surface area contributed by atoms with Gasteiger partial charge in [-0.25, -0.2) is 6.57 Å². The lowest BCUT2D eigenvalue weighted by Crippen LogP contribution is -2.44. The zero-order valence-corrected chi connectivity index (χ0v) is 8.52. The zero-order chi connectivity index (χ0) is 10.8. The standard InChI is InChI=1S/C10H15N3O2/c1-11-9-3-2-4-13(9)10(15)8-5-7(14)6-12-8/h7-9,12,14H,2-6H2/t7-,8+,9+/m1/s1. The molecule has 5 nitrogen and oxygen atoms in total. The van der Waals surface area contributed by atoms with Gasteiger partial charge in [-0.1, -0.05) is 0 Å². The van der Waals surface area contributed by atoms with Gasteiger partial charge in [-0.05, 0) is 12.8 Å². The highest BCUT2D eigenvalue weighted by Crippen LogP contribution is 2.21. The van der Waals surface area contributed by atoms with Gasteiger partial charge in [0.15, 0.2) is 0 Å². The minimum absolute atomic E-state index is 0.0231. The van der Waals surface area contributed by atoms with Gasteiger partial charge in [0.25, 0.3) is 0 Å². The number of carbonyl (C=O) groups is 1. The molecule has 5 heteroatoms. The number of carbonyl (C=O) groups excluding carboxylic acids is 1. The number of nitrogens with zero attached hydrogens (tertiary/aromatic N) is 2. The van der Waals surface area contributed by atoms with Crippen LogP contribution >= 0.6 is 0 Å². The summed E-state index contributed by atoms with van der Waals surface area (Å²) >= 11 is 0. The van der Waals surface area contributed by atoms with Gasteiger partial charge in [-0.15, -0.1) is 0 Å². The van der Waals surface area contributed by atoms with Crippen molar-refractivity contribution < 1.29 is 9.90 Å². The van der Waals surface area contributed by atoms with E-state index in [1.807, 2.05) is 0 Å². The van der Waals surface area contributed by atoms with Gasteiger partial charge in [0, 0.05) is 19.5 Å². The van der Waals surface area contributed by atoms with Crippen LogP contribution in [0.15, 0.2) is 0 Å². The van der Waals surface area contributed by atoms with E-state index in [2.05, 4.69) is 10.2 Å². The van der Waals surface area contributed by atoms with E-state index in [9.17, 15) is 9.90 Å². The van der Waals surface area contributed by atoms with Gasteiger partial charge in [-0.3, -0.25) is 14.5 Å². The molecule has 2 aliphatic rings. The maximum Gasteiger partial charge on any atom is 0.300 e. The molecular weight excluding hydrogens is 194 g/mol. The molecule has 0 aromatic heterocycles. The van der Waals surface area contributed by atoms with E-state index < -0.39 is 6.10 Å². The third-order valence-corrected chi connectivity index (χ3v) is 3.06. The maximum atomic E-state index is 12.0. The minimum atomic E-state index is -0.423. The largest absolute Gasteiger partial charge is 0.392 e. The maximum absolute atomic E-state index is 12.0. The van der Waals surface area contributed by atoms with Crippen LogP contribution < -0.4 is 5.32 Å². The Labute approximate surface area is 88.9 Å². The molecule has 2 fully saturated rings. The summed E-state index contributed by atoms with van der Waals surface area (Å²) in [5.74, 6) is -0.0231. The molecule has 2 rings (SSSR count). The molecule has 0 bridgehead atoms. The van der Waals surface area contributed by atoms with Crippen molar-refractivity contribution in [1.29, 1.82) is 0 Å². The molecule has 0 unspecified atom stereocenters. The van der Waals surface area contributed by atoms with E-state index in [0.29, 0.717) is 19.5 Å². The molecule has 1 amide bonds. The topological polar surface area (TPSA) is 56.9 Å². The lowest BCUT2D eigenvalue weighted by molar-refractivity contribution is -0.133. The van der Waals surface area contributed by atoms with Crippen LogP contribution in [0.1, 0.15) is 19.3 Å². The smallest absolute Gasteiger partial charge is 0.300 e. The summed E-state index contributed by atoms with van der Waals surface area (Å²) in [5.41, 5.74) is 0. The Kier molecular flexibility index (Phi) is 2.89. The first-order chi connectivity index (χ1) is 7.22. The van der Waals surface area contributed by atoms with Gasteiger partial charge < -0.3 is 10.4 Å². The number of aliphatic hydroxyl groups is 1. The summed E-state index contributed by atoms with van der Waals surface area (Å²) in [4.78, 5) is 17.1. The molecule has 15 heavy (non-hydrogen) atoms. The van der Waals surface area contributed by atoms with Crippen LogP contribution in [0.4, 0.5) is 0 Å². The number of rotatable bonds is 1. The van der Waals surface area contributed by atoms with Crippen LogP contribution in [0.25, 0.3) is 4.85 Å². The Bertz CT molecular complexity index is 300. The fraction of sp³-hybridized carbons (Fsp3) is 0.800. The summed E-state index contributed by atoms with van der Waals surface area (Å²) < 4.78 is 0. The third kappa shape index (κ3) is 1.96. The zero-order valence-electron chi connectivity index (χ0n) is 8.52. The first-order valence-corrected chi connectivity index (χ1v) is 5.31. The second-order valence-corrected chi connectivity index (χ2v) is 4.13. The lowest BCUT2D eigenvalue weighted by Gasteiger charge is -2.20. The van der Waals surface area contributed by atoms with Crippen molar-refractivity contribution in [2.75, 3.05) is 13.1 Å². The molecule has 2 aliphatic heterocycles. The van der Waals surface area contributed by atoms with Gasteiger partial charge in [0.05, 0.1) is 12.1 Å².